The highest BCUT2D eigenvalue weighted by Gasteiger charge is 2.40. The Morgan fingerprint density at radius 3 is 1.87 bits per heavy atom. The van der Waals surface area contributed by atoms with Crippen LogP contribution in [0.1, 0.15) is 32.3 Å². The SMILES string of the molecule is CCS(=O)(=O)O.COC(=O)C1=C(C)NC(C)=C(C(=O)OC)C1c1ccccc1[N+](=O)[O-]. The van der Waals surface area contributed by atoms with Crippen LogP contribution in [0.25, 0.3) is 0 Å². The van der Waals surface area contributed by atoms with Crippen LogP contribution in [0.3, 0.4) is 0 Å². The van der Waals surface area contributed by atoms with Gasteiger partial charge in [0, 0.05) is 23.0 Å². The summed E-state index contributed by atoms with van der Waals surface area (Å²) in [6.07, 6.45) is 0. The Hall–Kier alpha value is -3.25. The quantitative estimate of drug-likeness (QED) is 0.290. The molecule has 2 rings (SSSR count). The topological polar surface area (TPSA) is 162 Å². The van der Waals surface area contributed by atoms with Crippen molar-refractivity contribution in [2.45, 2.75) is 26.7 Å². The van der Waals surface area contributed by atoms with Crippen molar-refractivity contribution in [1.82, 2.24) is 5.32 Å². The largest absolute Gasteiger partial charge is 0.466 e. The van der Waals surface area contributed by atoms with Crippen LogP contribution in [0.4, 0.5) is 5.69 Å². The fourth-order valence-corrected chi connectivity index (χ4v) is 2.96. The predicted octanol–water partition coefficient (Wildman–Crippen LogP) is 2.07. The van der Waals surface area contributed by atoms with E-state index in [4.69, 9.17) is 14.0 Å². The Labute approximate surface area is 179 Å². The molecule has 31 heavy (non-hydrogen) atoms. The second-order valence-corrected chi connectivity index (χ2v) is 8.05. The van der Waals surface area contributed by atoms with Crippen molar-refractivity contribution in [3.8, 4) is 0 Å². The van der Waals surface area contributed by atoms with Gasteiger partial charge in [0.05, 0.1) is 42.0 Å². The Morgan fingerprint density at radius 2 is 1.52 bits per heavy atom. The number of nitrogens with zero attached hydrogens (tertiary/aromatic N) is 1. The summed E-state index contributed by atoms with van der Waals surface area (Å²) in [7, 11) is -1.24. The Bertz CT molecular complexity index is 1000. The van der Waals surface area contributed by atoms with Crippen LogP contribution in [-0.4, -0.2) is 49.8 Å². The third-order valence-corrected chi connectivity index (χ3v) is 5.11. The third-order valence-electron chi connectivity index (χ3n) is 4.38. The summed E-state index contributed by atoms with van der Waals surface area (Å²) < 4.78 is 36.6. The zero-order valence-corrected chi connectivity index (χ0v) is 18.5. The van der Waals surface area contributed by atoms with Gasteiger partial charge < -0.3 is 14.8 Å². The number of carbonyl (C=O) groups excluding carboxylic acids is 2. The molecule has 1 heterocycles. The van der Waals surface area contributed by atoms with Crippen LogP contribution in [0.15, 0.2) is 46.8 Å². The maximum absolute atomic E-state index is 12.3. The van der Waals surface area contributed by atoms with Gasteiger partial charge in [-0.05, 0) is 20.8 Å². The predicted molar refractivity (Wildman–Crippen MR) is 110 cm³/mol. The van der Waals surface area contributed by atoms with Crippen molar-refractivity contribution < 1.29 is 37.0 Å². The molecule has 0 bridgehead atoms. The molecule has 2 N–H and O–H groups in total. The zero-order valence-electron chi connectivity index (χ0n) is 17.7. The smallest absolute Gasteiger partial charge is 0.336 e. The molecule has 1 aromatic rings. The number of esters is 2. The first-order chi connectivity index (χ1) is 14.4. The van der Waals surface area contributed by atoms with Crippen molar-refractivity contribution in [3.63, 3.8) is 0 Å². The Kier molecular flexibility index (Phi) is 8.88. The molecule has 0 radical (unpaired) electrons. The molecular weight excluding hydrogens is 432 g/mol. The van der Waals surface area contributed by atoms with Gasteiger partial charge in [-0.2, -0.15) is 8.42 Å². The molecule has 11 nitrogen and oxygen atoms in total. The second kappa shape index (κ2) is 10.7. The van der Waals surface area contributed by atoms with Gasteiger partial charge >= 0.3 is 11.9 Å². The molecule has 1 aromatic carbocycles. The van der Waals surface area contributed by atoms with Crippen LogP contribution < -0.4 is 5.32 Å². The van der Waals surface area contributed by atoms with Crippen LogP contribution in [-0.2, 0) is 29.2 Å². The van der Waals surface area contributed by atoms with Crippen molar-refractivity contribution in [2.24, 2.45) is 0 Å². The van der Waals surface area contributed by atoms with Crippen molar-refractivity contribution in [1.29, 1.82) is 0 Å². The van der Waals surface area contributed by atoms with Gasteiger partial charge in [-0.25, -0.2) is 9.59 Å². The van der Waals surface area contributed by atoms with E-state index in [1.807, 2.05) is 0 Å². The lowest BCUT2D eigenvalue weighted by atomic mass is 9.79. The number of carbonyl (C=O) groups is 2. The molecule has 0 spiro atoms. The molecule has 0 unspecified atom stereocenters. The van der Waals surface area contributed by atoms with Crippen LogP contribution in [0.5, 0.6) is 0 Å². The normalized spacial score (nSPS) is 14.3. The highest BCUT2D eigenvalue weighted by atomic mass is 32.2. The number of dihydropyridines is 1. The summed E-state index contributed by atoms with van der Waals surface area (Å²) in [4.78, 5) is 35.6. The number of nitro groups is 1. The number of methoxy groups -OCH3 is 2. The molecule has 0 saturated heterocycles. The summed E-state index contributed by atoms with van der Waals surface area (Å²) in [5.41, 5.74) is 1.19. The Morgan fingerprint density at radius 1 is 1.10 bits per heavy atom. The minimum Gasteiger partial charge on any atom is -0.466 e. The van der Waals surface area contributed by atoms with Crippen molar-refractivity contribution in [2.75, 3.05) is 20.0 Å². The molecule has 0 amide bonds. The Balaban J connectivity index is 0.000000703. The van der Waals surface area contributed by atoms with Gasteiger partial charge in [0.2, 0.25) is 0 Å². The number of nitro benzene ring substituents is 1. The maximum Gasteiger partial charge on any atom is 0.336 e. The number of allylic oxidation sites excluding steroid dienone is 2. The van der Waals surface area contributed by atoms with E-state index in [-0.39, 0.29) is 28.1 Å². The molecule has 0 aliphatic carbocycles. The molecule has 0 aromatic heterocycles. The van der Waals surface area contributed by atoms with Gasteiger partial charge in [0.1, 0.15) is 0 Å². The summed E-state index contributed by atoms with van der Waals surface area (Å²) >= 11 is 0. The average molecular weight is 456 g/mol. The first kappa shape index (κ1) is 25.8. The van der Waals surface area contributed by atoms with Crippen LogP contribution >= 0.6 is 0 Å². The van der Waals surface area contributed by atoms with E-state index in [1.54, 1.807) is 19.9 Å². The summed E-state index contributed by atoms with van der Waals surface area (Å²) in [5.74, 6) is -2.53. The molecule has 0 fully saturated rings. The summed E-state index contributed by atoms with van der Waals surface area (Å²) in [6, 6.07) is 5.97. The maximum atomic E-state index is 12.3. The molecule has 1 aliphatic heterocycles. The van der Waals surface area contributed by atoms with Gasteiger partial charge in [-0.3, -0.25) is 14.7 Å². The second-order valence-electron chi connectivity index (χ2n) is 6.31. The van der Waals surface area contributed by atoms with Gasteiger partial charge in [-0.1, -0.05) is 18.2 Å². The first-order valence-electron chi connectivity index (χ1n) is 8.93. The number of rotatable bonds is 5. The fraction of sp³-hybridized carbons (Fsp3) is 0.368. The molecule has 0 atom stereocenters. The molecule has 170 valence electrons. The average Bonchev–Trinajstić information content (AvgIpc) is 2.72. The van der Waals surface area contributed by atoms with Crippen molar-refractivity contribution >= 4 is 27.7 Å². The van der Waals surface area contributed by atoms with Crippen LogP contribution in [0.2, 0.25) is 0 Å². The van der Waals surface area contributed by atoms with E-state index >= 15 is 0 Å². The van der Waals surface area contributed by atoms with E-state index in [1.165, 1.54) is 39.3 Å². The van der Waals surface area contributed by atoms with Crippen molar-refractivity contribution in [3.05, 3.63) is 62.5 Å². The van der Waals surface area contributed by atoms with E-state index in [0.29, 0.717) is 11.4 Å². The molecule has 0 saturated carbocycles. The number of benzene rings is 1. The van der Waals surface area contributed by atoms with Crippen LogP contribution in [0, 0.1) is 10.1 Å². The lowest BCUT2D eigenvalue weighted by molar-refractivity contribution is -0.385. The molecule has 12 heteroatoms. The summed E-state index contributed by atoms with van der Waals surface area (Å²) in [5, 5.41) is 14.4. The number of ether oxygens (including phenoxy) is 2. The molecular formula is C19H24N2O9S. The third kappa shape index (κ3) is 6.36. The number of para-hydroxylation sites is 1. The van der Waals surface area contributed by atoms with E-state index in [9.17, 15) is 28.1 Å². The van der Waals surface area contributed by atoms with E-state index in [0.717, 1.165) is 0 Å². The lowest BCUT2D eigenvalue weighted by Gasteiger charge is -2.29. The number of hydrogen-bond donors (Lipinski definition) is 2. The van der Waals surface area contributed by atoms with Gasteiger partial charge in [0.15, 0.2) is 0 Å². The zero-order chi connectivity index (χ0) is 23.9. The van der Waals surface area contributed by atoms with E-state index in [2.05, 4.69) is 5.32 Å². The fourth-order valence-electron chi connectivity index (χ4n) is 2.96. The summed E-state index contributed by atoms with van der Waals surface area (Å²) in [6.45, 7) is 4.66. The van der Waals surface area contributed by atoms with Gasteiger partial charge in [-0.15, -0.1) is 0 Å². The minimum atomic E-state index is -3.66. The molecule has 1 aliphatic rings. The highest BCUT2D eigenvalue weighted by molar-refractivity contribution is 7.85. The monoisotopic (exact) mass is 456 g/mol. The number of hydrogen-bond acceptors (Lipinski definition) is 9. The highest BCUT2D eigenvalue weighted by Crippen LogP contribution is 2.42. The lowest BCUT2D eigenvalue weighted by Crippen LogP contribution is -2.32. The number of nitrogens with one attached hydrogen (secondary N) is 1. The standard InChI is InChI=1S/C17H18N2O6.C2H6O3S/c1-9-13(16(20)24-3)15(14(10(2)18-9)17(21)25-4)11-7-5-6-8-12(11)19(22)23;1-2-6(3,4)5/h5-8,15,18H,1-4H3;2H2,1H3,(H,3,4,5). The van der Waals surface area contributed by atoms with E-state index < -0.39 is 32.9 Å². The first-order valence-corrected chi connectivity index (χ1v) is 10.5. The van der Waals surface area contributed by atoms with Gasteiger partial charge in [0.25, 0.3) is 15.8 Å². The minimum absolute atomic E-state index is 0.128.